The Bertz CT molecular complexity index is 471. The van der Waals surface area contributed by atoms with E-state index in [-0.39, 0.29) is 30.6 Å². The maximum Gasteiger partial charge on any atom is 0.243 e. The molecule has 1 aromatic rings. The largest absolute Gasteiger partial charge is 0.504 e. The molecule has 0 bridgehead atoms. The van der Waals surface area contributed by atoms with Crippen molar-refractivity contribution in [3.8, 4) is 17.2 Å². The summed E-state index contributed by atoms with van der Waals surface area (Å²) in [5.41, 5.74) is 1.55. The van der Waals surface area contributed by atoms with Crippen LogP contribution in [0, 0.1) is 0 Å². The fraction of sp³-hybridized carbons (Fsp3) is 0.273. The summed E-state index contributed by atoms with van der Waals surface area (Å²) in [4.78, 5) is 22.2. The van der Waals surface area contributed by atoms with Crippen molar-refractivity contribution in [2.45, 2.75) is 19.3 Å². The van der Waals surface area contributed by atoms with Crippen LogP contribution in [0.4, 0.5) is 0 Å². The molecule has 0 spiro atoms. The van der Waals surface area contributed by atoms with Crippen LogP contribution in [0.15, 0.2) is 12.1 Å². The molecule has 98 valence electrons. The lowest BCUT2D eigenvalue weighted by Crippen LogP contribution is -2.19. The zero-order valence-electron chi connectivity index (χ0n) is 9.38. The first-order valence-corrected chi connectivity index (χ1v) is 5.13. The topological polar surface area (TPSA) is 127 Å². The molecule has 0 aliphatic carbocycles. The van der Waals surface area contributed by atoms with Gasteiger partial charge in [0.2, 0.25) is 11.7 Å². The molecule has 7 heteroatoms. The first kappa shape index (κ1) is 13.8. The van der Waals surface area contributed by atoms with Gasteiger partial charge in [-0.1, -0.05) is 6.07 Å². The van der Waals surface area contributed by atoms with Crippen LogP contribution in [0.1, 0.15) is 18.4 Å². The molecule has 18 heavy (non-hydrogen) atoms. The molecule has 0 heterocycles. The quantitative estimate of drug-likeness (QED) is 0.290. The van der Waals surface area contributed by atoms with Gasteiger partial charge in [0.1, 0.15) is 5.78 Å². The molecule has 0 fully saturated rings. The molecular formula is C11H13NO6. The first-order chi connectivity index (χ1) is 8.45. The molecule has 0 saturated carbocycles. The minimum Gasteiger partial charge on any atom is -0.504 e. The van der Waals surface area contributed by atoms with Crippen LogP contribution in [0.5, 0.6) is 17.2 Å². The first-order valence-electron chi connectivity index (χ1n) is 5.13. The molecule has 1 amide bonds. The molecule has 0 aliphatic rings. The highest BCUT2D eigenvalue weighted by Gasteiger charge is 2.14. The SMILES string of the molecule is O=C(CCC(=O)NO)Cc1ccc(O)c(O)c1O. The molecule has 7 nitrogen and oxygen atoms in total. The lowest BCUT2D eigenvalue weighted by molar-refractivity contribution is -0.131. The number of Topliss-reactive ketones (excluding diaryl/α,β-unsaturated/α-hetero) is 1. The molecular weight excluding hydrogens is 242 g/mol. The standard InChI is InChI=1S/C11H13NO6/c13-7(2-4-9(15)12-18)5-6-1-3-8(14)11(17)10(6)16/h1,3,14,16-18H,2,4-5H2,(H,12,15). The summed E-state index contributed by atoms with van der Waals surface area (Å²) >= 11 is 0. The number of phenols is 3. The Morgan fingerprint density at radius 1 is 1.06 bits per heavy atom. The number of amides is 1. The highest BCUT2D eigenvalue weighted by molar-refractivity contribution is 5.86. The van der Waals surface area contributed by atoms with Crippen molar-refractivity contribution >= 4 is 11.7 Å². The Morgan fingerprint density at radius 3 is 2.33 bits per heavy atom. The second-order valence-electron chi connectivity index (χ2n) is 3.69. The Balaban J connectivity index is 2.65. The van der Waals surface area contributed by atoms with Gasteiger partial charge in [-0.25, -0.2) is 5.48 Å². The van der Waals surface area contributed by atoms with Gasteiger partial charge in [-0.15, -0.1) is 0 Å². The second-order valence-corrected chi connectivity index (χ2v) is 3.69. The lowest BCUT2D eigenvalue weighted by Gasteiger charge is -2.06. The second kappa shape index (κ2) is 5.87. The molecule has 0 saturated heterocycles. The summed E-state index contributed by atoms with van der Waals surface area (Å²) in [6.07, 6.45) is -0.452. The molecule has 5 N–H and O–H groups in total. The highest BCUT2D eigenvalue weighted by atomic mass is 16.5. The fourth-order valence-corrected chi connectivity index (χ4v) is 1.36. The van der Waals surface area contributed by atoms with Crippen LogP contribution >= 0.6 is 0 Å². The van der Waals surface area contributed by atoms with E-state index in [2.05, 4.69) is 0 Å². The zero-order chi connectivity index (χ0) is 13.7. The van der Waals surface area contributed by atoms with Crippen LogP contribution in [0.2, 0.25) is 0 Å². The molecule has 1 rings (SSSR count). The summed E-state index contributed by atoms with van der Waals surface area (Å²) in [6.45, 7) is 0. The van der Waals surface area contributed by atoms with Gasteiger partial charge < -0.3 is 15.3 Å². The Hall–Kier alpha value is -2.28. The van der Waals surface area contributed by atoms with E-state index < -0.39 is 23.2 Å². The van der Waals surface area contributed by atoms with Gasteiger partial charge in [-0.2, -0.15) is 0 Å². The van der Waals surface area contributed by atoms with Crippen molar-refractivity contribution < 1.29 is 30.1 Å². The van der Waals surface area contributed by atoms with E-state index in [1.807, 2.05) is 0 Å². The number of carbonyl (C=O) groups is 2. The number of nitrogens with one attached hydrogen (secondary N) is 1. The third-order valence-corrected chi connectivity index (χ3v) is 2.36. The predicted octanol–water partition coefficient (Wildman–Crippen LogP) is 0.201. The van der Waals surface area contributed by atoms with Crippen molar-refractivity contribution in [3.05, 3.63) is 17.7 Å². The van der Waals surface area contributed by atoms with Crippen LogP contribution < -0.4 is 5.48 Å². The maximum atomic E-state index is 11.5. The van der Waals surface area contributed by atoms with Gasteiger partial charge in [0.25, 0.3) is 0 Å². The van der Waals surface area contributed by atoms with Gasteiger partial charge in [-0.3, -0.25) is 14.8 Å². The number of hydroxylamine groups is 1. The molecule has 0 aliphatic heterocycles. The van der Waals surface area contributed by atoms with E-state index in [0.717, 1.165) is 6.07 Å². The van der Waals surface area contributed by atoms with Gasteiger partial charge >= 0.3 is 0 Å². The average Bonchev–Trinajstić information content (AvgIpc) is 2.36. The fourth-order valence-electron chi connectivity index (χ4n) is 1.36. The summed E-state index contributed by atoms with van der Waals surface area (Å²) < 4.78 is 0. The van der Waals surface area contributed by atoms with E-state index in [1.165, 1.54) is 11.5 Å². The van der Waals surface area contributed by atoms with Gasteiger partial charge in [0.15, 0.2) is 11.5 Å². The minimum atomic E-state index is -0.687. The summed E-state index contributed by atoms with van der Waals surface area (Å²) in [7, 11) is 0. The normalized spacial score (nSPS) is 10.1. The predicted molar refractivity (Wildman–Crippen MR) is 59.3 cm³/mol. The van der Waals surface area contributed by atoms with E-state index in [1.54, 1.807) is 0 Å². The van der Waals surface area contributed by atoms with Crippen LogP contribution in [0.3, 0.4) is 0 Å². The van der Waals surface area contributed by atoms with Crippen molar-refractivity contribution in [3.63, 3.8) is 0 Å². The number of rotatable bonds is 5. The Kier molecular flexibility index (Phi) is 4.50. The summed E-state index contributed by atoms with van der Waals surface area (Å²) in [6, 6.07) is 2.45. The number of aromatic hydroxyl groups is 3. The molecule has 0 aromatic heterocycles. The van der Waals surface area contributed by atoms with Crippen molar-refractivity contribution in [2.24, 2.45) is 0 Å². The maximum absolute atomic E-state index is 11.5. The average molecular weight is 255 g/mol. The number of benzene rings is 1. The van der Waals surface area contributed by atoms with Gasteiger partial charge in [-0.05, 0) is 6.07 Å². The number of ketones is 1. The van der Waals surface area contributed by atoms with Crippen molar-refractivity contribution in [1.82, 2.24) is 5.48 Å². The molecule has 0 unspecified atom stereocenters. The molecule has 0 radical (unpaired) electrons. The smallest absolute Gasteiger partial charge is 0.243 e. The number of phenolic OH excluding ortho intramolecular Hbond substituents is 3. The van der Waals surface area contributed by atoms with E-state index in [0.29, 0.717) is 0 Å². The summed E-state index contributed by atoms with van der Waals surface area (Å²) in [5.74, 6) is -2.76. The van der Waals surface area contributed by atoms with Crippen LogP contribution in [0.25, 0.3) is 0 Å². The van der Waals surface area contributed by atoms with E-state index >= 15 is 0 Å². The van der Waals surface area contributed by atoms with Crippen molar-refractivity contribution in [2.75, 3.05) is 0 Å². The molecule has 1 aromatic carbocycles. The van der Waals surface area contributed by atoms with Gasteiger partial charge in [0, 0.05) is 24.8 Å². The number of hydrogen-bond donors (Lipinski definition) is 5. The van der Waals surface area contributed by atoms with Crippen LogP contribution in [-0.2, 0) is 16.0 Å². The minimum absolute atomic E-state index is 0.104. The lowest BCUT2D eigenvalue weighted by atomic mass is 10.0. The molecule has 0 atom stereocenters. The monoisotopic (exact) mass is 255 g/mol. The number of carbonyl (C=O) groups excluding carboxylic acids is 2. The third kappa shape index (κ3) is 3.36. The van der Waals surface area contributed by atoms with E-state index in [9.17, 15) is 19.8 Å². The zero-order valence-corrected chi connectivity index (χ0v) is 9.38. The van der Waals surface area contributed by atoms with Crippen LogP contribution in [-0.4, -0.2) is 32.2 Å². The Morgan fingerprint density at radius 2 is 1.72 bits per heavy atom. The van der Waals surface area contributed by atoms with Gasteiger partial charge in [0.05, 0.1) is 0 Å². The van der Waals surface area contributed by atoms with E-state index in [4.69, 9.17) is 10.3 Å². The highest BCUT2D eigenvalue weighted by Crippen LogP contribution is 2.37. The third-order valence-electron chi connectivity index (χ3n) is 2.36. The summed E-state index contributed by atoms with van der Waals surface area (Å²) in [5, 5.41) is 36.0. The van der Waals surface area contributed by atoms with Crippen molar-refractivity contribution in [1.29, 1.82) is 0 Å². The number of hydrogen-bond acceptors (Lipinski definition) is 6. The Labute approximate surface area is 102 Å².